The number of halogens is 1. The zero-order valence-corrected chi connectivity index (χ0v) is 12.2. The summed E-state index contributed by atoms with van der Waals surface area (Å²) in [4.78, 5) is 0. The molecule has 0 spiro atoms. The van der Waals surface area contributed by atoms with Crippen LogP contribution in [0.15, 0.2) is 42.5 Å². The molecule has 21 heavy (non-hydrogen) atoms. The second kappa shape index (κ2) is 5.54. The molecule has 0 atom stereocenters. The molecule has 2 N–H and O–H groups in total. The number of aryl methyl sites for hydroxylation is 1. The smallest absolute Gasteiger partial charge is 0.189 e. The van der Waals surface area contributed by atoms with Crippen molar-refractivity contribution < 1.29 is 0 Å². The Morgan fingerprint density at radius 2 is 2.00 bits per heavy atom. The third kappa shape index (κ3) is 2.48. The zero-order chi connectivity index (χ0) is 14.8. The molecule has 6 heteroatoms. The van der Waals surface area contributed by atoms with Gasteiger partial charge in [0.05, 0.1) is 5.69 Å². The van der Waals surface area contributed by atoms with Gasteiger partial charge in [0.1, 0.15) is 0 Å². The second-order valence-electron chi connectivity index (χ2n) is 4.63. The lowest BCUT2D eigenvalue weighted by Gasteiger charge is -2.10. The summed E-state index contributed by atoms with van der Waals surface area (Å²) in [5.41, 5.74) is 9.44. The van der Waals surface area contributed by atoms with Crippen LogP contribution < -0.4 is 5.73 Å². The van der Waals surface area contributed by atoms with E-state index in [0.29, 0.717) is 16.5 Å². The Hall–Kier alpha value is -2.40. The minimum atomic E-state index is 0.580. The van der Waals surface area contributed by atoms with Crippen molar-refractivity contribution in [2.24, 2.45) is 0 Å². The molecule has 0 aliphatic carbocycles. The van der Waals surface area contributed by atoms with E-state index in [0.717, 1.165) is 23.2 Å². The summed E-state index contributed by atoms with van der Waals surface area (Å²) in [5, 5.41) is 12.6. The molecule has 3 rings (SSSR count). The number of rotatable bonds is 3. The Kier molecular flexibility index (Phi) is 3.58. The number of nitrogen functional groups attached to an aromatic ring is 1. The van der Waals surface area contributed by atoms with Crippen molar-refractivity contribution in [2.75, 3.05) is 5.73 Å². The summed E-state index contributed by atoms with van der Waals surface area (Å²) < 4.78 is 1.70. The Bertz CT molecular complexity index is 781. The maximum atomic E-state index is 6.06. The first-order chi connectivity index (χ1) is 10.2. The number of hydrogen-bond donors (Lipinski definition) is 1. The quantitative estimate of drug-likeness (QED) is 0.754. The van der Waals surface area contributed by atoms with Gasteiger partial charge in [0, 0.05) is 16.3 Å². The summed E-state index contributed by atoms with van der Waals surface area (Å²) in [6.45, 7) is 2.09. The Balaban J connectivity index is 2.20. The predicted octanol–water partition coefficient (Wildman–Crippen LogP) is 3.13. The number of aromatic nitrogens is 4. The Labute approximate surface area is 127 Å². The van der Waals surface area contributed by atoms with Crippen LogP contribution >= 0.6 is 11.6 Å². The van der Waals surface area contributed by atoms with E-state index in [9.17, 15) is 0 Å². The molecule has 1 aromatic heterocycles. The van der Waals surface area contributed by atoms with Gasteiger partial charge < -0.3 is 5.73 Å². The zero-order valence-electron chi connectivity index (χ0n) is 11.5. The van der Waals surface area contributed by atoms with Gasteiger partial charge in [0.25, 0.3) is 0 Å². The van der Waals surface area contributed by atoms with Gasteiger partial charge in [-0.05, 0) is 46.7 Å². The van der Waals surface area contributed by atoms with E-state index in [2.05, 4.69) is 28.5 Å². The predicted molar refractivity (Wildman–Crippen MR) is 83.4 cm³/mol. The van der Waals surface area contributed by atoms with Crippen molar-refractivity contribution in [2.45, 2.75) is 13.3 Å². The van der Waals surface area contributed by atoms with E-state index in [1.807, 2.05) is 18.2 Å². The molecule has 0 amide bonds. The van der Waals surface area contributed by atoms with Crippen molar-refractivity contribution in [3.05, 3.63) is 53.1 Å². The molecule has 0 saturated heterocycles. The topological polar surface area (TPSA) is 69.6 Å². The van der Waals surface area contributed by atoms with Crippen LogP contribution in [0.5, 0.6) is 0 Å². The van der Waals surface area contributed by atoms with Crippen LogP contribution in [-0.4, -0.2) is 20.2 Å². The van der Waals surface area contributed by atoms with Crippen molar-refractivity contribution in [1.82, 2.24) is 20.2 Å². The van der Waals surface area contributed by atoms with E-state index in [1.165, 1.54) is 0 Å². The van der Waals surface area contributed by atoms with E-state index >= 15 is 0 Å². The standard InChI is InChI=1S/C15H14ClN5/c1-2-10-5-3-4-6-14(10)21-15(18-19-20-21)12-9-11(16)7-8-13(12)17/h3-9H,2,17H2,1H3. The summed E-state index contributed by atoms with van der Waals surface area (Å²) in [6, 6.07) is 13.3. The number of benzene rings is 2. The van der Waals surface area contributed by atoms with E-state index in [4.69, 9.17) is 17.3 Å². The van der Waals surface area contributed by atoms with Crippen LogP contribution in [0.25, 0.3) is 17.1 Å². The average molecular weight is 300 g/mol. The second-order valence-corrected chi connectivity index (χ2v) is 5.06. The lowest BCUT2D eigenvalue weighted by Crippen LogP contribution is -2.04. The number of nitrogens with two attached hydrogens (primary N) is 1. The van der Waals surface area contributed by atoms with Crippen LogP contribution in [-0.2, 0) is 6.42 Å². The van der Waals surface area contributed by atoms with Crippen molar-refractivity contribution in [1.29, 1.82) is 0 Å². The van der Waals surface area contributed by atoms with E-state index in [-0.39, 0.29) is 0 Å². The third-order valence-electron chi connectivity index (χ3n) is 3.33. The fraction of sp³-hybridized carbons (Fsp3) is 0.133. The summed E-state index contributed by atoms with van der Waals surface area (Å²) >= 11 is 6.06. The average Bonchev–Trinajstić information content (AvgIpc) is 2.98. The molecule has 2 aromatic carbocycles. The molecular weight excluding hydrogens is 286 g/mol. The molecule has 0 radical (unpaired) electrons. The van der Waals surface area contributed by atoms with Crippen LogP contribution in [0, 0.1) is 0 Å². The molecule has 0 aliphatic heterocycles. The SMILES string of the molecule is CCc1ccccc1-n1nnnc1-c1cc(Cl)ccc1N. The van der Waals surface area contributed by atoms with Crippen molar-refractivity contribution >= 4 is 17.3 Å². The fourth-order valence-corrected chi connectivity index (χ4v) is 2.43. The van der Waals surface area contributed by atoms with Crippen molar-refractivity contribution in [3.63, 3.8) is 0 Å². The lowest BCUT2D eigenvalue weighted by molar-refractivity contribution is 0.783. The molecule has 1 heterocycles. The largest absolute Gasteiger partial charge is 0.398 e. The van der Waals surface area contributed by atoms with Gasteiger partial charge in [0.2, 0.25) is 0 Å². The Morgan fingerprint density at radius 3 is 2.81 bits per heavy atom. The maximum absolute atomic E-state index is 6.06. The van der Waals surface area contributed by atoms with E-state index < -0.39 is 0 Å². The van der Waals surface area contributed by atoms with Crippen LogP contribution in [0.3, 0.4) is 0 Å². The first-order valence-corrected chi connectivity index (χ1v) is 7.00. The molecular formula is C15H14ClN5. The van der Waals surface area contributed by atoms with Gasteiger partial charge in [-0.2, -0.15) is 4.68 Å². The highest BCUT2D eigenvalue weighted by Crippen LogP contribution is 2.29. The summed E-state index contributed by atoms with van der Waals surface area (Å²) in [6.07, 6.45) is 0.889. The van der Waals surface area contributed by atoms with Crippen LogP contribution in [0.4, 0.5) is 5.69 Å². The molecule has 0 aliphatic rings. The highest BCUT2D eigenvalue weighted by Gasteiger charge is 2.15. The van der Waals surface area contributed by atoms with Gasteiger partial charge in [-0.15, -0.1) is 5.10 Å². The normalized spacial score (nSPS) is 10.8. The van der Waals surface area contributed by atoms with Gasteiger partial charge in [0.15, 0.2) is 5.82 Å². The fourth-order valence-electron chi connectivity index (χ4n) is 2.26. The number of tetrazole rings is 1. The molecule has 3 aromatic rings. The maximum Gasteiger partial charge on any atom is 0.189 e. The molecule has 0 bridgehead atoms. The number of hydrogen-bond acceptors (Lipinski definition) is 4. The minimum Gasteiger partial charge on any atom is -0.398 e. The van der Waals surface area contributed by atoms with Gasteiger partial charge in [-0.1, -0.05) is 36.7 Å². The van der Waals surface area contributed by atoms with Gasteiger partial charge >= 0.3 is 0 Å². The third-order valence-corrected chi connectivity index (χ3v) is 3.56. The molecule has 0 fully saturated rings. The van der Waals surface area contributed by atoms with Gasteiger partial charge in [-0.3, -0.25) is 0 Å². The Morgan fingerprint density at radius 1 is 1.19 bits per heavy atom. The summed E-state index contributed by atoms with van der Waals surface area (Å²) in [5.74, 6) is 0.580. The molecule has 0 unspecified atom stereocenters. The first-order valence-electron chi connectivity index (χ1n) is 6.62. The van der Waals surface area contributed by atoms with Crippen molar-refractivity contribution in [3.8, 4) is 17.1 Å². The minimum absolute atomic E-state index is 0.580. The molecule has 0 saturated carbocycles. The molecule has 5 nitrogen and oxygen atoms in total. The first kappa shape index (κ1) is 13.6. The number of nitrogens with zero attached hydrogens (tertiary/aromatic N) is 4. The monoisotopic (exact) mass is 299 g/mol. The van der Waals surface area contributed by atoms with Crippen LogP contribution in [0.2, 0.25) is 5.02 Å². The number of para-hydroxylation sites is 1. The summed E-state index contributed by atoms with van der Waals surface area (Å²) in [7, 11) is 0. The van der Waals surface area contributed by atoms with Gasteiger partial charge in [-0.25, -0.2) is 0 Å². The van der Waals surface area contributed by atoms with Crippen LogP contribution in [0.1, 0.15) is 12.5 Å². The highest BCUT2D eigenvalue weighted by molar-refractivity contribution is 6.31. The molecule has 106 valence electrons. The lowest BCUT2D eigenvalue weighted by atomic mass is 10.1. The number of anilines is 1. The highest BCUT2D eigenvalue weighted by atomic mass is 35.5. The van der Waals surface area contributed by atoms with E-state index in [1.54, 1.807) is 22.9 Å².